The number of aromatic nitrogens is 1. The Morgan fingerprint density at radius 3 is 2.94 bits per heavy atom. The summed E-state index contributed by atoms with van der Waals surface area (Å²) in [6.45, 7) is 7.43. The highest BCUT2D eigenvalue weighted by atomic mass is 16.5. The monoisotopic (exact) mass is 248 g/mol. The van der Waals surface area contributed by atoms with E-state index in [9.17, 15) is 0 Å². The molecular formula is C15H24N2O. The molecule has 1 aromatic heterocycles. The second-order valence-corrected chi connectivity index (χ2v) is 5.57. The normalized spacial score (nSPS) is 23.3. The Morgan fingerprint density at radius 2 is 2.28 bits per heavy atom. The molecule has 2 unspecified atom stereocenters. The van der Waals surface area contributed by atoms with Crippen LogP contribution in [-0.2, 0) is 0 Å². The second-order valence-electron chi connectivity index (χ2n) is 5.57. The van der Waals surface area contributed by atoms with Crippen molar-refractivity contribution in [2.24, 2.45) is 11.8 Å². The molecule has 1 heterocycles. The maximum atomic E-state index is 5.76. The molecular weight excluding hydrogens is 224 g/mol. The fourth-order valence-corrected chi connectivity index (χ4v) is 2.63. The molecule has 0 bridgehead atoms. The highest BCUT2D eigenvalue weighted by Gasteiger charge is 2.23. The van der Waals surface area contributed by atoms with Gasteiger partial charge >= 0.3 is 0 Å². The van der Waals surface area contributed by atoms with Crippen LogP contribution in [0.2, 0.25) is 0 Å². The number of nitrogens with one attached hydrogen (secondary N) is 1. The van der Waals surface area contributed by atoms with Gasteiger partial charge in [0.1, 0.15) is 0 Å². The summed E-state index contributed by atoms with van der Waals surface area (Å²) in [4.78, 5) is 4.38. The van der Waals surface area contributed by atoms with Crippen LogP contribution in [0.4, 0.5) is 5.82 Å². The van der Waals surface area contributed by atoms with E-state index in [-0.39, 0.29) is 6.10 Å². The highest BCUT2D eigenvalue weighted by Crippen LogP contribution is 2.32. The first-order valence-electron chi connectivity index (χ1n) is 7.02. The van der Waals surface area contributed by atoms with Crippen molar-refractivity contribution in [3.63, 3.8) is 0 Å². The van der Waals surface area contributed by atoms with Crippen LogP contribution in [0.5, 0.6) is 5.75 Å². The van der Waals surface area contributed by atoms with E-state index in [2.05, 4.69) is 17.2 Å². The molecule has 1 aliphatic carbocycles. The van der Waals surface area contributed by atoms with E-state index in [1.165, 1.54) is 19.3 Å². The third-order valence-corrected chi connectivity index (χ3v) is 3.70. The molecule has 0 aromatic carbocycles. The summed E-state index contributed by atoms with van der Waals surface area (Å²) in [7, 11) is 0. The van der Waals surface area contributed by atoms with Gasteiger partial charge in [0, 0.05) is 12.7 Å². The summed E-state index contributed by atoms with van der Waals surface area (Å²) in [6, 6.07) is 3.90. The SMILES string of the molecule is CC(C)Oc1cccnc1NCC1CCCC1C. The number of rotatable bonds is 5. The Kier molecular flexibility index (Phi) is 4.45. The molecule has 1 aromatic rings. The van der Waals surface area contributed by atoms with Crippen LogP contribution in [0.15, 0.2) is 18.3 Å². The Bertz CT molecular complexity index is 379. The number of pyridine rings is 1. The summed E-state index contributed by atoms with van der Waals surface area (Å²) < 4.78 is 5.76. The molecule has 2 atom stereocenters. The van der Waals surface area contributed by atoms with Crippen molar-refractivity contribution in [3.8, 4) is 5.75 Å². The minimum Gasteiger partial charge on any atom is -0.487 e. The summed E-state index contributed by atoms with van der Waals surface area (Å²) in [5, 5.41) is 3.45. The number of hydrogen-bond acceptors (Lipinski definition) is 3. The first kappa shape index (κ1) is 13.2. The Hall–Kier alpha value is -1.25. The van der Waals surface area contributed by atoms with Crippen LogP contribution in [0.3, 0.4) is 0 Å². The standard InChI is InChI=1S/C15H24N2O/c1-11(2)18-14-8-5-9-16-15(14)17-10-13-7-4-6-12(13)3/h5,8-9,11-13H,4,6-7,10H2,1-3H3,(H,16,17). The molecule has 3 nitrogen and oxygen atoms in total. The van der Waals surface area contributed by atoms with E-state index in [0.717, 1.165) is 29.9 Å². The first-order chi connectivity index (χ1) is 8.66. The van der Waals surface area contributed by atoms with E-state index < -0.39 is 0 Å². The summed E-state index contributed by atoms with van der Waals surface area (Å²) in [5.41, 5.74) is 0. The molecule has 0 amide bonds. The zero-order valence-corrected chi connectivity index (χ0v) is 11.6. The number of anilines is 1. The number of hydrogen-bond donors (Lipinski definition) is 1. The van der Waals surface area contributed by atoms with Crippen LogP contribution in [-0.4, -0.2) is 17.6 Å². The second kappa shape index (κ2) is 6.07. The van der Waals surface area contributed by atoms with Crippen molar-refractivity contribution in [1.82, 2.24) is 4.98 Å². The van der Waals surface area contributed by atoms with Gasteiger partial charge < -0.3 is 10.1 Å². The highest BCUT2D eigenvalue weighted by molar-refractivity contribution is 5.49. The molecule has 1 fully saturated rings. The number of ether oxygens (including phenoxy) is 1. The van der Waals surface area contributed by atoms with Gasteiger partial charge in [0.05, 0.1) is 6.10 Å². The lowest BCUT2D eigenvalue weighted by Gasteiger charge is -2.18. The van der Waals surface area contributed by atoms with Gasteiger partial charge in [-0.25, -0.2) is 4.98 Å². The summed E-state index contributed by atoms with van der Waals surface area (Å²) >= 11 is 0. The molecule has 18 heavy (non-hydrogen) atoms. The van der Waals surface area contributed by atoms with Gasteiger partial charge in [-0.3, -0.25) is 0 Å². The molecule has 2 rings (SSSR count). The van der Waals surface area contributed by atoms with Crippen LogP contribution >= 0.6 is 0 Å². The minimum atomic E-state index is 0.181. The van der Waals surface area contributed by atoms with Crippen LogP contribution < -0.4 is 10.1 Å². The smallest absolute Gasteiger partial charge is 0.168 e. The van der Waals surface area contributed by atoms with Gasteiger partial charge in [-0.05, 0) is 44.2 Å². The number of nitrogens with zero attached hydrogens (tertiary/aromatic N) is 1. The molecule has 0 saturated heterocycles. The molecule has 3 heteroatoms. The molecule has 1 aliphatic rings. The Labute approximate surface area is 110 Å². The van der Waals surface area contributed by atoms with Crippen molar-refractivity contribution in [1.29, 1.82) is 0 Å². The molecule has 1 N–H and O–H groups in total. The van der Waals surface area contributed by atoms with Crippen molar-refractivity contribution >= 4 is 5.82 Å². The van der Waals surface area contributed by atoms with Crippen LogP contribution in [0.1, 0.15) is 40.0 Å². The third kappa shape index (κ3) is 3.37. The molecule has 0 spiro atoms. The van der Waals surface area contributed by atoms with Gasteiger partial charge in [-0.1, -0.05) is 19.8 Å². The zero-order valence-electron chi connectivity index (χ0n) is 11.6. The van der Waals surface area contributed by atoms with Gasteiger partial charge in [0.15, 0.2) is 11.6 Å². The topological polar surface area (TPSA) is 34.1 Å². The molecule has 1 saturated carbocycles. The predicted octanol–water partition coefficient (Wildman–Crippen LogP) is 3.72. The summed E-state index contributed by atoms with van der Waals surface area (Å²) in [5.74, 6) is 3.35. The first-order valence-corrected chi connectivity index (χ1v) is 7.02. The lowest BCUT2D eigenvalue weighted by molar-refractivity contribution is 0.242. The fraction of sp³-hybridized carbons (Fsp3) is 0.667. The van der Waals surface area contributed by atoms with Crippen LogP contribution in [0.25, 0.3) is 0 Å². The largest absolute Gasteiger partial charge is 0.487 e. The van der Waals surface area contributed by atoms with Gasteiger partial charge in [0.25, 0.3) is 0 Å². The quantitative estimate of drug-likeness (QED) is 0.862. The zero-order chi connectivity index (χ0) is 13.0. The van der Waals surface area contributed by atoms with Gasteiger partial charge in [-0.15, -0.1) is 0 Å². The van der Waals surface area contributed by atoms with E-state index in [1.807, 2.05) is 32.2 Å². The predicted molar refractivity (Wildman–Crippen MR) is 75.0 cm³/mol. The average Bonchev–Trinajstić information content (AvgIpc) is 2.73. The van der Waals surface area contributed by atoms with Gasteiger partial charge in [0.2, 0.25) is 0 Å². The lowest BCUT2D eigenvalue weighted by atomic mass is 9.98. The Morgan fingerprint density at radius 1 is 1.44 bits per heavy atom. The van der Waals surface area contributed by atoms with Crippen molar-refractivity contribution in [2.45, 2.75) is 46.1 Å². The fourth-order valence-electron chi connectivity index (χ4n) is 2.63. The average molecular weight is 248 g/mol. The van der Waals surface area contributed by atoms with Crippen molar-refractivity contribution in [3.05, 3.63) is 18.3 Å². The maximum Gasteiger partial charge on any atom is 0.168 e. The van der Waals surface area contributed by atoms with Gasteiger partial charge in [-0.2, -0.15) is 0 Å². The molecule has 0 aliphatic heterocycles. The van der Waals surface area contributed by atoms with Crippen molar-refractivity contribution < 1.29 is 4.74 Å². The minimum absolute atomic E-state index is 0.181. The third-order valence-electron chi connectivity index (χ3n) is 3.70. The Balaban J connectivity index is 1.95. The van der Waals surface area contributed by atoms with E-state index >= 15 is 0 Å². The molecule has 0 radical (unpaired) electrons. The van der Waals surface area contributed by atoms with Crippen molar-refractivity contribution in [2.75, 3.05) is 11.9 Å². The van der Waals surface area contributed by atoms with E-state index in [4.69, 9.17) is 4.74 Å². The maximum absolute atomic E-state index is 5.76. The lowest BCUT2D eigenvalue weighted by Crippen LogP contribution is -2.18. The van der Waals surface area contributed by atoms with E-state index in [0.29, 0.717) is 0 Å². The van der Waals surface area contributed by atoms with Crippen LogP contribution in [0, 0.1) is 11.8 Å². The molecule has 100 valence electrons. The van der Waals surface area contributed by atoms with E-state index in [1.54, 1.807) is 0 Å². The summed E-state index contributed by atoms with van der Waals surface area (Å²) in [6.07, 6.45) is 6.06.